The number of phenols is 1. The van der Waals surface area contributed by atoms with E-state index in [4.69, 9.17) is 0 Å². The molecule has 1 aromatic rings. The Bertz CT molecular complexity index is 619. The molecule has 1 unspecified atom stereocenters. The van der Waals surface area contributed by atoms with Gasteiger partial charge in [-0.25, -0.2) is 8.42 Å². The Labute approximate surface area is 105 Å². The van der Waals surface area contributed by atoms with Crippen molar-refractivity contribution in [2.75, 3.05) is 5.75 Å². The first-order valence-corrected chi connectivity index (χ1v) is 7.10. The Kier molecular flexibility index (Phi) is 3.13. The summed E-state index contributed by atoms with van der Waals surface area (Å²) in [6.45, 7) is 1.80. The number of hydrogen-bond donors (Lipinski definition) is 2. The molecule has 0 aromatic heterocycles. The molecule has 0 aliphatic carbocycles. The zero-order valence-corrected chi connectivity index (χ0v) is 10.6. The highest BCUT2D eigenvalue weighted by Gasteiger charge is 2.24. The molecule has 1 heterocycles. The van der Waals surface area contributed by atoms with Gasteiger partial charge in [-0.3, -0.25) is 4.79 Å². The van der Waals surface area contributed by atoms with Gasteiger partial charge in [0.1, 0.15) is 5.75 Å². The van der Waals surface area contributed by atoms with Crippen molar-refractivity contribution in [3.05, 3.63) is 40.8 Å². The predicted molar refractivity (Wildman–Crippen MR) is 67.0 cm³/mol. The maximum atomic E-state index is 11.9. The van der Waals surface area contributed by atoms with Crippen molar-refractivity contribution in [3.63, 3.8) is 0 Å². The lowest BCUT2D eigenvalue weighted by molar-refractivity contribution is 0.0945. The molecule has 1 aliphatic heterocycles. The maximum absolute atomic E-state index is 11.9. The van der Waals surface area contributed by atoms with Gasteiger partial charge in [-0.2, -0.15) is 0 Å². The number of aromatic hydroxyl groups is 1. The number of hydrogen-bond acceptors (Lipinski definition) is 4. The number of amides is 1. The lowest BCUT2D eigenvalue weighted by Gasteiger charge is -2.11. The number of sulfone groups is 1. The number of phenolic OH excluding ortho intramolecular Hbond substituents is 1. The van der Waals surface area contributed by atoms with Crippen LogP contribution >= 0.6 is 0 Å². The molecule has 0 bridgehead atoms. The third-order valence-corrected chi connectivity index (χ3v) is 4.04. The van der Waals surface area contributed by atoms with Crippen molar-refractivity contribution in [1.29, 1.82) is 0 Å². The van der Waals surface area contributed by atoms with Gasteiger partial charge >= 0.3 is 0 Å². The topological polar surface area (TPSA) is 83.5 Å². The molecule has 5 nitrogen and oxygen atoms in total. The van der Waals surface area contributed by atoms with E-state index in [0.29, 0.717) is 0 Å². The van der Waals surface area contributed by atoms with Crippen molar-refractivity contribution < 1.29 is 18.3 Å². The van der Waals surface area contributed by atoms with Crippen LogP contribution in [0.4, 0.5) is 0 Å². The molecule has 96 valence electrons. The van der Waals surface area contributed by atoms with Crippen LogP contribution in [0.1, 0.15) is 15.9 Å². The fourth-order valence-electron chi connectivity index (χ4n) is 1.74. The second-order valence-electron chi connectivity index (χ2n) is 4.26. The van der Waals surface area contributed by atoms with Crippen LogP contribution < -0.4 is 5.32 Å². The van der Waals surface area contributed by atoms with Crippen LogP contribution in [0.5, 0.6) is 5.75 Å². The van der Waals surface area contributed by atoms with E-state index in [2.05, 4.69) is 5.32 Å². The molecule has 6 heteroatoms. The van der Waals surface area contributed by atoms with Gasteiger partial charge in [0.15, 0.2) is 9.84 Å². The number of benzene rings is 1. The molecule has 0 saturated carbocycles. The lowest BCUT2D eigenvalue weighted by Crippen LogP contribution is -2.35. The van der Waals surface area contributed by atoms with Gasteiger partial charge in [0.25, 0.3) is 5.91 Å². The summed E-state index contributed by atoms with van der Waals surface area (Å²) in [6, 6.07) is 4.14. The van der Waals surface area contributed by atoms with Gasteiger partial charge in [-0.1, -0.05) is 11.6 Å². The average molecular weight is 267 g/mol. The summed E-state index contributed by atoms with van der Waals surface area (Å²) in [5.74, 6) is -0.739. The zero-order valence-electron chi connectivity index (χ0n) is 9.75. The van der Waals surface area contributed by atoms with E-state index in [9.17, 15) is 18.3 Å². The van der Waals surface area contributed by atoms with Gasteiger partial charge in [0.2, 0.25) is 0 Å². The smallest absolute Gasteiger partial charge is 0.255 e. The summed E-state index contributed by atoms with van der Waals surface area (Å²) in [7, 11) is -3.20. The minimum atomic E-state index is -3.20. The van der Waals surface area contributed by atoms with E-state index >= 15 is 0 Å². The minimum Gasteiger partial charge on any atom is -0.507 e. The molecule has 2 N–H and O–H groups in total. The average Bonchev–Trinajstić information content (AvgIpc) is 2.61. The molecule has 1 aromatic carbocycles. The number of rotatable bonds is 2. The molecule has 0 radical (unpaired) electrons. The van der Waals surface area contributed by atoms with Gasteiger partial charge in [0, 0.05) is 5.41 Å². The Balaban J connectivity index is 2.14. The van der Waals surface area contributed by atoms with Crippen LogP contribution in [0, 0.1) is 6.92 Å². The van der Waals surface area contributed by atoms with E-state index in [0.717, 1.165) is 11.0 Å². The number of carbonyl (C=O) groups excluding carboxylic acids is 1. The molecular weight excluding hydrogens is 254 g/mol. The molecule has 2 rings (SSSR count). The maximum Gasteiger partial charge on any atom is 0.255 e. The fourth-order valence-corrected chi connectivity index (χ4v) is 2.98. The van der Waals surface area contributed by atoms with E-state index in [1.807, 2.05) is 0 Å². The highest BCUT2D eigenvalue weighted by atomic mass is 32.2. The highest BCUT2D eigenvalue weighted by Crippen LogP contribution is 2.18. The Hall–Kier alpha value is -1.82. The van der Waals surface area contributed by atoms with Crippen LogP contribution in [-0.2, 0) is 9.84 Å². The monoisotopic (exact) mass is 267 g/mol. The molecular formula is C12H13NO4S. The molecule has 0 fully saturated rings. The molecule has 0 spiro atoms. The normalized spacial score (nSPS) is 20.8. The Morgan fingerprint density at radius 3 is 2.78 bits per heavy atom. The summed E-state index contributed by atoms with van der Waals surface area (Å²) in [4.78, 5) is 11.9. The van der Waals surface area contributed by atoms with Crippen molar-refractivity contribution in [2.24, 2.45) is 0 Å². The molecule has 1 atom stereocenters. The summed E-state index contributed by atoms with van der Waals surface area (Å²) < 4.78 is 22.4. The standard InChI is InChI=1S/C12H13NO4S/c1-8-2-3-11(14)10(6-8)12(15)13-9-4-5-18(16,17)7-9/h2-6,9,14H,7H2,1H3,(H,13,15). The third-order valence-electron chi connectivity index (χ3n) is 2.64. The quantitative estimate of drug-likeness (QED) is 0.828. The Morgan fingerprint density at radius 2 is 2.17 bits per heavy atom. The third kappa shape index (κ3) is 2.70. The summed E-state index contributed by atoms with van der Waals surface area (Å²) in [5, 5.41) is 13.2. The summed E-state index contributed by atoms with van der Waals surface area (Å²) in [5.41, 5.74) is 0.986. The molecule has 0 saturated heterocycles. The second-order valence-corrected chi connectivity index (χ2v) is 6.19. The highest BCUT2D eigenvalue weighted by molar-refractivity contribution is 7.94. The second kappa shape index (κ2) is 4.45. The van der Waals surface area contributed by atoms with E-state index in [1.54, 1.807) is 19.1 Å². The largest absolute Gasteiger partial charge is 0.507 e. The number of carbonyl (C=O) groups is 1. The first-order valence-electron chi connectivity index (χ1n) is 5.39. The van der Waals surface area contributed by atoms with Crippen LogP contribution in [0.2, 0.25) is 0 Å². The lowest BCUT2D eigenvalue weighted by atomic mass is 10.1. The summed E-state index contributed by atoms with van der Waals surface area (Å²) >= 11 is 0. The van der Waals surface area contributed by atoms with Crippen LogP contribution in [-0.4, -0.2) is 31.2 Å². The first-order chi connectivity index (χ1) is 8.37. The van der Waals surface area contributed by atoms with Crippen molar-refractivity contribution >= 4 is 15.7 Å². The van der Waals surface area contributed by atoms with Crippen molar-refractivity contribution in [1.82, 2.24) is 5.32 Å². The SMILES string of the molecule is Cc1ccc(O)c(C(=O)NC2C=CS(=O)(=O)C2)c1. The molecule has 1 amide bonds. The summed E-state index contributed by atoms with van der Waals surface area (Å²) in [6.07, 6.45) is 1.43. The van der Waals surface area contributed by atoms with E-state index in [1.165, 1.54) is 12.1 Å². The van der Waals surface area contributed by atoms with Gasteiger partial charge in [-0.15, -0.1) is 0 Å². The number of nitrogens with one attached hydrogen (secondary N) is 1. The van der Waals surface area contributed by atoms with Crippen molar-refractivity contribution in [3.8, 4) is 5.75 Å². The van der Waals surface area contributed by atoms with Crippen LogP contribution in [0.25, 0.3) is 0 Å². The number of aryl methyl sites for hydroxylation is 1. The van der Waals surface area contributed by atoms with Crippen molar-refractivity contribution in [2.45, 2.75) is 13.0 Å². The Morgan fingerprint density at radius 1 is 1.44 bits per heavy atom. The predicted octanol–water partition coefficient (Wildman–Crippen LogP) is 0.741. The molecule has 1 aliphatic rings. The van der Waals surface area contributed by atoms with Gasteiger partial charge in [0.05, 0.1) is 17.4 Å². The first kappa shape index (κ1) is 12.6. The fraction of sp³-hybridized carbons (Fsp3) is 0.250. The van der Waals surface area contributed by atoms with Crippen LogP contribution in [0.15, 0.2) is 29.7 Å². The minimum absolute atomic E-state index is 0.122. The zero-order chi connectivity index (χ0) is 13.3. The van der Waals surface area contributed by atoms with E-state index < -0.39 is 21.8 Å². The van der Waals surface area contributed by atoms with Gasteiger partial charge in [-0.05, 0) is 25.1 Å². The van der Waals surface area contributed by atoms with Crippen LogP contribution in [0.3, 0.4) is 0 Å². The van der Waals surface area contributed by atoms with Gasteiger partial charge < -0.3 is 10.4 Å². The molecule has 18 heavy (non-hydrogen) atoms. The van der Waals surface area contributed by atoms with E-state index in [-0.39, 0.29) is 17.1 Å².